The Hall–Kier alpha value is -1.11. The highest BCUT2D eigenvalue weighted by atomic mass is 19.1. The van der Waals surface area contributed by atoms with Gasteiger partial charge in [0.1, 0.15) is 5.82 Å². The third kappa shape index (κ3) is 1.72. The molecule has 0 N–H and O–H groups in total. The number of hydrogen-bond acceptors (Lipinski definition) is 0. The maximum Gasteiger partial charge on any atom is 0.126 e. The zero-order chi connectivity index (χ0) is 10.1. The van der Waals surface area contributed by atoms with Crippen LogP contribution in [0.2, 0.25) is 0 Å². The number of rotatable bonds is 3. The summed E-state index contributed by atoms with van der Waals surface area (Å²) in [5.41, 5.74) is 1.77. The minimum atomic E-state index is -0.0829. The van der Waals surface area contributed by atoms with E-state index in [9.17, 15) is 4.39 Å². The minimum Gasteiger partial charge on any atom is -0.207 e. The van der Waals surface area contributed by atoms with E-state index in [1.807, 2.05) is 12.1 Å². The van der Waals surface area contributed by atoms with E-state index in [1.165, 1.54) is 0 Å². The molecule has 1 unspecified atom stereocenters. The largest absolute Gasteiger partial charge is 0.207 e. The fourth-order valence-electron chi connectivity index (χ4n) is 1.64. The van der Waals surface area contributed by atoms with E-state index < -0.39 is 0 Å². The van der Waals surface area contributed by atoms with Gasteiger partial charge < -0.3 is 0 Å². The smallest absolute Gasteiger partial charge is 0.126 e. The summed E-state index contributed by atoms with van der Waals surface area (Å²) >= 11 is 0. The van der Waals surface area contributed by atoms with E-state index in [2.05, 4.69) is 13.5 Å². The Bertz CT molecular complexity index is 350. The Labute approximate surface area is 84.5 Å². The van der Waals surface area contributed by atoms with Gasteiger partial charge in [-0.05, 0) is 42.9 Å². The lowest BCUT2D eigenvalue weighted by atomic mass is 9.98. The monoisotopic (exact) mass is 189 g/mol. The fourth-order valence-corrected chi connectivity index (χ4v) is 1.64. The first-order valence-corrected chi connectivity index (χ1v) is 4.97. The highest BCUT2D eigenvalue weighted by molar-refractivity contribution is 5.33. The van der Waals surface area contributed by atoms with Crippen LogP contribution in [0, 0.1) is 12.7 Å². The molecule has 1 aliphatic carbocycles. The molecule has 0 saturated heterocycles. The molecule has 0 bridgehead atoms. The van der Waals surface area contributed by atoms with Gasteiger partial charge in [-0.25, -0.2) is 4.39 Å². The van der Waals surface area contributed by atoms with Crippen LogP contribution in [0.4, 0.5) is 4.39 Å². The summed E-state index contributed by atoms with van der Waals surface area (Å²) in [6, 6.07) is 5.44. The highest BCUT2D eigenvalue weighted by Crippen LogP contribution is 2.41. The molecule has 0 aliphatic heterocycles. The molecule has 1 heteroatoms. The zero-order valence-electron chi connectivity index (χ0n) is 8.17. The molecule has 0 spiro atoms. The lowest BCUT2D eigenvalue weighted by molar-refractivity contribution is 0.608. The number of hydrogen-bond donors (Lipinski definition) is 0. The molecule has 1 saturated carbocycles. The second-order valence-corrected chi connectivity index (χ2v) is 3.90. The molecular weight excluding hydrogens is 175 g/mol. The molecule has 73 valence electrons. The Kier molecular flexibility index (Phi) is 2.40. The summed E-state index contributed by atoms with van der Waals surface area (Å²) in [5.74, 6) is 0.370. The van der Waals surface area contributed by atoms with Gasteiger partial charge in [0.2, 0.25) is 0 Å². The molecule has 0 nitrogen and oxygen atoms in total. The second kappa shape index (κ2) is 3.56. The lowest BCUT2D eigenvalue weighted by Crippen LogP contribution is -1.93. The topological polar surface area (TPSA) is 0 Å². The van der Waals surface area contributed by atoms with Crippen LogP contribution in [0.5, 0.6) is 0 Å². The van der Waals surface area contributed by atoms with Crippen molar-refractivity contribution in [2.75, 3.05) is 0 Å². The van der Waals surface area contributed by atoms with Gasteiger partial charge in [-0.2, -0.15) is 0 Å². The summed E-state index contributed by atoms with van der Waals surface area (Å²) in [7, 11) is 0. The van der Waals surface area contributed by atoms with Crippen molar-refractivity contribution in [2.45, 2.75) is 24.7 Å². The molecule has 1 aliphatic rings. The molecule has 1 aromatic rings. The first-order chi connectivity index (χ1) is 6.72. The van der Waals surface area contributed by atoms with Crippen LogP contribution < -0.4 is 0 Å². The molecule has 1 aromatic carbocycles. The first-order valence-electron chi connectivity index (χ1n) is 4.97. The predicted octanol–water partition coefficient (Wildman–Crippen LogP) is 3.81. The maximum atomic E-state index is 13.6. The van der Waals surface area contributed by atoms with Gasteiger partial charge in [-0.3, -0.25) is 0 Å². The summed E-state index contributed by atoms with van der Waals surface area (Å²) < 4.78 is 13.6. The third-order valence-electron chi connectivity index (χ3n) is 2.75. The molecule has 0 heterocycles. The summed E-state index contributed by atoms with van der Waals surface area (Å²) in [5, 5.41) is 0. The van der Waals surface area contributed by atoms with Crippen LogP contribution in [0.15, 0.2) is 30.9 Å². The molecule has 1 radical (unpaired) electrons. The second-order valence-electron chi connectivity index (χ2n) is 3.90. The average molecular weight is 189 g/mol. The van der Waals surface area contributed by atoms with Crippen molar-refractivity contribution in [3.8, 4) is 0 Å². The van der Waals surface area contributed by atoms with E-state index in [0.717, 1.165) is 24.0 Å². The molecule has 1 fully saturated rings. The summed E-state index contributed by atoms with van der Waals surface area (Å²) in [4.78, 5) is 0. The average Bonchev–Trinajstić information content (AvgIpc) is 3.00. The number of benzene rings is 1. The van der Waals surface area contributed by atoms with Gasteiger partial charge in [0.25, 0.3) is 0 Å². The Morgan fingerprint density at radius 3 is 2.64 bits per heavy atom. The first kappa shape index (κ1) is 9.45. The van der Waals surface area contributed by atoms with Crippen LogP contribution in [-0.2, 0) is 0 Å². The van der Waals surface area contributed by atoms with Crippen molar-refractivity contribution in [1.82, 2.24) is 0 Å². The third-order valence-corrected chi connectivity index (χ3v) is 2.75. The quantitative estimate of drug-likeness (QED) is 0.634. The molecule has 0 amide bonds. The Morgan fingerprint density at radius 1 is 1.43 bits per heavy atom. The van der Waals surface area contributed by atoms with Crippen molar-refractivity contribution in [3.05, 3.63) is 54.7 Å². The van der Waals surface area contributed by atoms with E-state index in [-0.39, 0.29) is 11.7 Å². The standard InChI is InChI=1S/C13H14F/c1-3-9(2)11-6-7-12(10-4-5-10)13(14)8-11/h3,6-10H,1-2,4-5H2. The van der Waals surface area contributed by atoms with Crippen LogP contribution in [0.25, 0.3) is 0 Å². The van der Waals surface area contributed by atoms with Crippen LogP contribution in [0.1, 0.15) is 35.8 Å². The van der Waals surface area contributed by atoms with Crippen molar-refractivity contribution in [3.63, 3.8) is 0 Å². The Morgan fingerprint density at radius 2 is 2.14 bits per heavy atom. The zero-order valence-corrected chi connectivity index (χ0v) is 8.17. The van der Waals surface area contributed by atoms with Crippen molar-refractivity contribution < 1.29 is 4.39 Å². The number of halogens is 1. The summed E-state index contributed by atoms with van der Waals surface area (Å²) in [6.45, 7) is 7.52. The molecule has 2 rings (SSSR count). The maximum absolute atomic E-state index is 13.6. The molecule has 0 aromatic heterocycles. The van der Waals surface area contributed by atoms with Crippen LogP contribution in [0.3, 0.4) is 0 Å². The van der Waals surface area contributed by atoms with Crippen LogP contribution >= 0.6 is 0 Å². The summed E-state index contributed by atoms with van der Waals surface area (Å²) in [6.07, 6.45) is 3.99. The van der Waals surface area contributed by atoms with Gasteiger partial charge in [0.05, 0.1) is 0 Å². The van der Waals surface area contributed by atoms with E-state index in [1.54, 1.807) is 12.1 Å². The SMILES string of the molecule is [CH2]C(C=C)c1ccc(C2CC2)c(F)c1. The van der Waals surface area contributed by atoms with Gasteiger partial charge in [-0.15, -0.1) is 6.58 Å². The predicted molar refractivity (Wildman–Crippen MR) is 56.7 cm³/mol. The van der Waals surface area contributed by atoms with Crippen molar-refractivity contribution in [1.29, 1.82) is 0 Å². The fraction of sp³-hybridized carbons (Fsp3) is 0.308. The number of allylic oxidation sites excluding steroid dienone is 1. The van der Waals surface area contributed by atoms with E-state index in [4.69, 9.17) is 0 Å². The van der Waals surface area contributed by atoms with Crippen molar-refractivity contribution >= 4 is 0 Å². The van der Waals surface area contributed by atoms with Crippen LogP contribution in [-0.4, -0.2) is 0 Å². The van der Waals surface area contributed by atoms with Gasteiger partial charge in [-0.1, -0.05) is 18.2 Å². The van der Waals surface area contributed by atoms with Gasteiger partial charge in [0.15, 0.2) is 0 Å². The Balaban J connectivity index is 2.29. The molecular formula is C13H14F. The normalized spacial score (nSPS) is 17.9. The minimum absolute atomic E-state index is 0.0160. The highest BCUT2D eigenvalue weighted by Gasteiger charge is 2.26. The van der Waals surface area contributed by atoms with Crippen molar-refractivity contribution in [2.24, 2.45) is 0 Å². The van der Waals surface area contributed by atoms with Gasteiger partial charge in [0, 0.05) is 5.92 Å². The van der Waals surface area contributed by atoms with Gasteiger partial charge >= 0.3 is 0 Å². The molecule has 1 atom stereocenters. The van der Waals surface area contributed by atoms with E-state index in [0.29, 0.717) is 5.92 Å². The molecule has 14 heavy (non-hydrogen) atoms. The van der Waals surface area contributed by atoms with E-state index >= 15 is 0 Å². The lowest BCUT2D eigenvalue weighted by Gasteiger charge is -2.08.